The van der Waals surface area contributed by atoms with Gasteiger partial charge in [0.25, 0.3) is 11.5 Å². The SMILES string of the molecule is CCCS(=O)(=O)N1CCN(CCNC(=O)c2c(C)oc3ncn(C)c(=O)c23)CC1. The number of nitrogens with one attached hydrogen (secondary N) is 1. The molecule has 11 heteroatoms. The van der Waals surface area contributed by atoms with E-state index in [0.717, 1.165) is 0 Å². The van der Waals surface area contributed by atoms with Crippen molar-refractivity contribution in [1.29, 1.82) is 0 Å². The van der Waals surface area contributed by atoms with Gasteiger partial charge in [0.15, 0.2) is 0 Å². The Kier molecular flexibility index (Phi) is 6.39. The number of hydrogen-bond donors (Lipinski definition) is 1. The molecule has 0 spiro atoms. The lowest BCUT2D eigenvalue weighted by Gasteiger charge is -2.33. The van der Waals surface area contributed by atoms with Crippen molar-refractivity contribution in [3.05, 3.63) is 28.0 Å². The number of aryl methyl sites for hydroxylation is 2. The molecule has 1 fully saturated rings. The predicted molar refractivity (Wildman–Crippen MR) is 108 cm³/mol. The van der Waals surface area contributed by atoms with E-state index in [9.17, 15) is 18.0 Å². The lowest BCUT2D eigenvalue weighted by Crippen LogP contribution is -2.50. The minimum atomic E-state index is -3.16. The summed E-state index contributed by atoms with van der Waals surface area (Å²) in [5.74, 6) is 0.147. The average Bonchev–Trinajstić information content (AvgIpc) is 3.02. The van der Waals surface area contributed by atoms with Gasteiger partial charge < -0.3 is 14.3 Å². The van der Waals surface area contributed by atoms with Crippen LogP contribution < -0.4 is 10.9 Å². The van der Waals surface area contributed by atoms with Crippen LogP contribution in [0.4, 0.5) is 0 Å². The minimum Gasteiger partial charge on any atom is -0.442 e. The fourth-order valence-electron chi connectivity index (χ4n) is 3.49. The molecule has 1 saturated heterocycles. The van der Waals surface area contributed by atoms with Crippen LogP contribution >= 0.6 is 0 Å². The Morgan fingerprint density at radius 2 is 1.97 bits per heavy atom. The van der Waals surface area contributed by atoms with Crippen molar-refractivity contribution < 1.29 is 17.6 Å². The molecule has 0 aromatic carbocycles. The van der Waals surface area contributed by atoms with Gasteiger partial charge in [-0.25, -0.2) is 13.4 Å². The molecule has 0 radical (unpaired) electrons. The lowest BCUT2D eigenvalue weighted by molar-refractivity contribution is 0.0945. The van der Waals surface area contributed by atoms with E-state index < -0.39 is 10.0 Å². The molecule has 0 bridgehead atoms. The number of nitrogens with zero attached hydrogens (tertiary/aromatic N) is 4. The van der Waals surface area contributed by atoms with Crippen LogP contribution in [0.5, 0.6) is 0 Å². The quantitative estimate of drug-likeness (QED) is 0.659. The Bertz CT molecular complexity index is 1050. The van der Waals surface area contributed by atoms with Crippen LogP contribution in [0, 0.1) is 6.92 Å². The number of carbonyl (C=O) groups is 1. The zero-order valence-electron chi connectivity index (χ0n) is 17.0. The predicted octanol–water partition coefficient (Wildman–Crippen LogP) is -0.0779. The van der Waals surface area contributed by atoms with Gasteiger partial charge in [-0.05, 0) is 13.3 Å². The minimum absolute atomic E-state index is 0.153. The van der Waals surface area contributed by atoms with Gasteiger partial charge in [-0.1, -0.05) is 6.92 Å². The molecule has 0 aliphatic carbocycles. The second-order valence-corrected chi connectivity index (χ2v) is 9.28. The molecule has 29 heavy (non-hydrogen) atoms. The van der Waals surface area contributed by atoms with Gasteiger partial charge in [-0.3, -0.25) is 14.5 Å². The van der Waals surface area contributed by atoms with Gasteiger partial charge in [0.1, 0.15) is 17.5 Å². The third kappa shape index (κ3) is 4.51. The number of fused-ring (bicyclic) bond motifs is 1. The van der Waals surface area contributed by atoms with Crippen LogP contribution in [0.3, 0.4) is 0 Å². The molecule has 2 aromatic heterocycles. The van der Waals surface area contributed by atoms with E-state index in [1.54, 1.807) is 14.0 Å². The number of aromatic nitrogens is 2. The first-order valence-corrected chi connectivity index (χ1v) is 11.3. The first-order chi connectivity index (χ1) is 13.7. The molecule has 1 aliphatic heterocycles. The van der Waals surface area contributed by atoms with Crippen molar-refractivity contribution in [2.24, 2.45) is 7.05 Å². The Labute approximate surface area is 169 Å². The molecule has 1 N–H and O–H groups in total. The summed E-state index contributed by atoms with van der Waals surface area (Å²) in [7, 11) is -1.60. The van der Waals surface area contributed by atoms with Crippen LogP contribution in [0.2, 0.25) is 0 Å². The van der Waals surface area contributed by atoms with Crippen molar-refractivity contribution in [3.63, 3.8) is 0 Å². The summed E-state index contributed by atoms with van der Waals surface area (Å²) >= 11 is 0. The standard InChI is InChI=1S/C18H27N5O5S/c1-4-11-29(26,27)23-9-7-22(8-10-23)6-5-19-16(24)14-13(2)28-17-15(14)18(25)21(3)12-20-17/h12H,4-11H2,1-3H3,(H,19,24). The first kappa shape index (κ1) is 21.5. The highest BCUT2D eigenvalue weighted by atomic mass is 32.2. The van der Waals surface area contributed by atoms with Crippen molar-refractivity contribution in [2.45, 2.75) is 20.3 Å². The van der Waals surface area contributed by atoms with Crippen molar-refractivity contribution in [3.8, 4) is 0 Å². The summed E-state index contributed by atoms with van der Waals surface area (Å²) < 4.78 is 32.6. The normalized spacial score (nSPS) is 16.4. The number of carbonyl (C=O) groups excluding carboxylic acids is 1. The highest BCUT2D eigenvalue weighted by Crippen LogP contribution is 2.20. The Balaban J connectivity index is 1.57. The second kappa shape index (κ2) is 8.64. The third-order valence-corrected chi connectivity index (χ3v) is 7.15. The number of amides is 1. The van der Waals surface area contributed by atoms with Gasteiger partial charge in [0.2, 0.25) is 15.7 Å². The zero-order valence-corrected chi connectivity index (χ0v) is 17.8. The highest BCUT2D eigenvalue weighted by Gasteiger charge is 2.26. The van der Waals surface area contributed by atoms with Crippen LogP contribution in [0.1, 0.15) is 29.5 Å². The van der Waals surface area contributed by atoms with Crippen LogP contribution in [0.25, 0.3) is 11.1 Å². The maximum atomic E-state index is 12.6. The number of hydrogen-bond acceptors (Lipinski definition) is 7. The molecule has 3 heterocycles. The van der Waals surface area contributed by atoms with E-state index >= 15 is 0 Å². The molecular weight excluding hydrogens is 398 g/mol. The van der Waals surface area contributed by atoms with E-state index in [2.05, 4.69) is 15.2 Å². The molecule has 0 unspecified atom stereocenters. The Morgan fingerprint density at radius 1 is 1.28 bits per heavy atom. The van der Waals surface area contributed by atoms with Gasteiger partial charge in [0.05, 0.1) is 11.3 Å². The van der Waals surface area contributed by atoms with Gasteiger partial charge in [-0.2, -0.15) is 4.31 Å². The molecule has 3 rings (SSSR count). The summed E-state index contributed by atoms with van der Waals surface area (Å²) in [5.41, 5.74) is 0.0331. The maximum absolute atomic E-state index is 12.6. The molecule has 2 aromatic rings. The molecule has 10 nitrogen and oxygen atoms in total. The maximum Gasteiger partial charge on any atom is 0.265 e. The van der Waals surface area contributed by atoms with Gasteiger partial charge in [0, 0.05) is 46.3 Å². The third-order valence-electron chi connectivity index (χ3n) is 5.08. The molecular formula is C18H27N5O5S. The Morgan fingerprint density at radius 3 is 2.62 bits per heavy atom. The van der Waals surface area contributed by atoms with Crippen LogP contribution in [-0.4, -0.2) is 78.1 Å². The topological polar surface area (TPSA) is 118 Å². The van der Waals surface area contributed by atoms with Crippen molar-refractivity contribution in [2.75, 3.05) is 45.0 Å². The van der Waals surface area contributed by atoms with E-state index in [-0.39, 0.29) is 33.9 Å². The molecule has 160 valence electrons. The lowest BCUT2D eigenvalue weighted by atomic mass is 10.2. The van der Waals surface area contributed by atoms with Crippen molar-refractivity contribution in [1.82, 2.24) is 24.1 Å². The highest BCUT2D eigenvalue weighted by molar-refractivity contribution is 7.89. The van der Waals surface area contributed by atoms with E-state index in [1.807, 2.05) is 6.92 Å². The Hall–Kier alpha value is -2.24. The summed E-state index contributed by atoms with van der Waals surface area (Å²) in [6, 6.07) is 0. The molecule has 1 amide bonds. The smallest absolute Gasteiger partial charge is 0.265 e. The van der Waals surface area contributed by atoms with Crippen molar-refractivity contribution >= 4 is 27.0 Å². The number of rotatable bonds is 7. The van der Waals surface area contributed by atoms with Gasteiger partial charge >= 0.3 is 0 Å². The summed E-state index contributed by atoms with van der Waals surface area (Å²) in [4.78, 5) is 31.2. The molecule has 1 aliphatic rings. The second-order valence-electron chi connectivity index (χ2n) is 7.19. The first-order valence-electron chi connectivity index (χ1n) is 9.67. The van der Waals surface area contributed by atoms with E-state index in [1.165, 1.54) is 15.2 Å². The number of sulfonamides is 1. The van der Waals surface area contributed by atoms with Gasteiger partial charge in [-0.15, -0.1) is 0 Å². The van der Waals surface area contributed by atoms with Crippen LogP contribution in [-0.2, 0) is 17.1 Å². The number of furan rings is 1. The fraction of sp³-hybridized carbons (Fsp3) is 0.611. The molecule has 0 saturated carbocycles. The van der Waals surface area contributed by atoms with Crippen LogP contribution in [0.15, 0.2) is 15.5 Å². The largest absolute Gasteiger partial charge is 0.442 e. The summed E-state index contributed by atoms with van der Waals surface area (Å²) in [5, 5.41) is 3.01. The van der Waals surface area contributed by atoms with E-state index in [0.29, 0.717) is 51.4 Å². The monoisotopic (exact) mass is 425 g/mol. The zero-order chi connectivity index (χ0) is 21.2. The average molecular weight is 426 g/mol. The summed E-state index contributed by atoms with van der Waals surface area (Å²) in [6.45, 7) is 6.63. The van der Waals surface area contributed by atoms with E-state index in [4.69, 9.17) is 4.42 Å². The number of piperazine rings is 1. The summed E-state index contributed by atoms with van der Waals surface area (Å²) in [6.07, 6.45) is 1.96. The molecule has 0 atom stereocenters. The fourth-order valence-corrected chi connectivity index (χ4v) is 4.99.